The largest absolute Gasteiger partial charge is 0.366 e. The van der Waals surface area contributed by atoms with E-state index in [4.69, 9.17) is 0 Å². The van der Waals surface area contributed by atoms with E-state index < -0.39 is 0 Å². The van der Waals surface area contributed by atoms with Gasteiger partial charge < -0.3 is 15.5 Å². The molecule has 2 heterocycles. The van der Waals surface area contributed by atoms with Crippen LogP contribution in [0.3, 0.4) is 0 Å². The molecule has 2 N–H and O–H groups in total. The molecule has 108 valence electrons. The van der Waals surface area contributed by atoms with E-state index in [2.05, 4.69) is 50.5 Å². The molecule has 6 heteroatoms. The second kappa shape index (κ2) is 5.58. The molecular formula is C14H18BrN3OS. The summed E-state index contributed by atoms with van der Waals surface area (Å²) in [5.74, 6) is 2.32. The monoisotopic (exact) mass is 355 g/mol. The highest BCUT2D eigenvalue weighted by atomic mass is 79.9. The van der Waals surface area contributed by atoms with Gasteiger partial charge in [0.15, 0.2) is 0 Å². The zero-order valence-electron chi connectivity index (χ0n) is 11.6. The fourth-order valence-corrected chi connectivity index (χ4v) is 4.46. The Kier molecular flexibility index (Phi) is 3.97. The van der Waals surface area contributed by atoms with Gasteiger partial charge in [0.1, 0.15) is 6.04 Å². The summed E-state index contributed by atoms with van der Waals surface area (Å²) < 4.78 is 1.06. The predicted octanol–water partition coefficient (Wildman–Crippen LogP) is 2.60. The van der Waals surface area contributed by atoms with Crippen LogP contribution in [0.5, 0.6) is 0 Å². The van der Waals surface area contributed by atoms with Gasteiger partial charge in [-0.25, -0.2) is 0 Å². The van der Waals surface area contributed by atoms with Crippen LogP contribution in [0.15, 0.2) is 16.6 Å². The molecule has 0 aromatic heterocycles. The zero-order chi connectivity index (χ0) is 14.3. The third kappa shape index (κ3) is 2.34. The molecular weight excluding hydrogens is 338 g/mol. The van der Waals surface area contributed by atoms with Gasteiger partial charge in [0.2, 0.25) is 5.91 Å². The van der Waals surface area contributed by atoms with E-state index in [9.17, 15) is 4.79 Å². The predicted molar refractivity (Wildman–Crippen MR) is 88.7 cm³/mol. The number of likely N-dealkylation sites (N-methyl/N-ethyl adjacent to an activating group) is 1. The van der Waals surface area contributed by atoms with Crippen molar-refractivity contribution >= 4 is 45.0 Å². The van der Waals surface area contributed by atoms with Crippen LogP contribution in [0, 0.1) is 0 Å². The Morgan fingerprint density at radius 3 is 3.00 bits per heavy atom. The molecule has 2 aliphatic rings. The van der Waals surface area contributed by atoms with E-state index in [0.29, 0.717) is 6.04 Å². The first kappa shape index (κ1) is 14.2. The van der Waals surface area contributed by atoms with E-state index in [1.54, 1.807) is 0 Å². The Hall–Kier alpha value is -0.720. The normalized spacial score (nSPS) is 25.6. The van der Waals surface area contributed by atoms with E-state index in [-0.39, 0.29) is 11.9 Å². The number of carbonyl (C=O) groups excluding carboxylic acids is 1. The fourth-order valence-electron chi connectivity index (χ4n) is 2.86. The number of nitrogens with zero attached hydrogens (tertiary/aromatic N) is 1. The molecule has 1 aromatic carbocycles. The van der Waals surface area contributed by atoms with Gasteiger partial charge >= 0.3 is 0 Å². The summed E-state index contributed by atoms with van der Waals surface area (Å²) >= 11 is 5.67. The van der Waals surface area contributed by atoms with Crippen molar-refractivity contribution in [3.05, 3.63) is 22.2 Å². The van der Waals surface area contributed by atoms with Gasteiger partial charge in [-0.2, -0.15) is 11.8 Å². The van der Waals surface area contributed by atoms with Crippen LogP contribution in [0.2, 0.25) is 0 Å². The van der Waals surface area contributed by atoms with Crippen LogP contribution >= 0.6 is 27.7 Å². The summed E-state index contributed by atoms with van der Waals surface area (Å²) in [5.41, 5.74) is 3.12. The first-order chi connectivity index (χ1) is 9.61. The van der Waals surface area contributed by atoms with Gasteiger partial charge in [-0.3, -0.25) is 4.79 Å². The standard InChI is InChI=1S/C14H18BrN3OS/c1-8-7-20-4-3-18(8)12-6-11-9(5-10(12)15)13(16-2)14(19)17-11/h5-6,8,13,16H,3-4,7H2,1-2H3,(H,17,19). The number of fused-ring (bicyclic) bond motifs is 1. The number of rotatable bonds is 2. The first-order valence-corrected chi connectivity index (χ1v) is 8.72. The lowest BCUT2D eigenvalue weighted by molar-refractivity contribution is -0.117. The summed E-state index contributed by atoms with van der Waals surface area (Å²) in [6.07, 6.45) is 0. The molecule has 2 unspecified atom stereocenters. The van der Waals surface area contributed by atoms with Crippen LogP contribution in [-0.4, -0.2) is 37.0 Å². The molecule has 3 rings (SSSR count). The number of thioether (sulfide) groups is 1. The fraction of sp³-hybridized carbons (Fsp3) is 0.500. The number of anilines is 2. The van der Waals surface area contributed by atoms with E-state index in [0.717, 1.165) is 33.8 Å². The van der Waals surface area contributed by atoms with E-state index in [1.807, 2.05) is 18.8 Å². The summed E-state index contributed by atoms with van der Waals surface area (Å²) in [7, 11) is 1.81. The van der Waals surface area contributed by atoms with Crippen molar-refractivity contribution in [1.29, 1.82) is 0 Å². The molecule has 1 fully saturated rings. The maximum Gasteiger partial charge on any atom is 0.246 e. The van der Waals surface area contributed by atoms with Crippen molar-refractivity contribution in [2.75, 3.05) is 35.3 Å². The van der Waals surface area contributed by atoms with E-state index >= 15 is 0 Å². The molecule has 4 nitrogen and oxygen atoms in total. The molecule has 1 amide bonds. The number of amides is 1. The molecule has 20 heavy (non-hydrogen) atoms. The Morgan fingerprint density at radius 2 is 2.30 bits per heavy atom. The van der Waals surface area contributed by atoms with Crippen LogP contribution in [0.4, 0.5) is 11.4 Å². The Bertz CT molecular complexity index is 551. The minimum atomic E-state index is -0.246. The van der Waals surface area contributed by atoms with Gasteiger partial charge in [-0.15, -0.1) is 0 Å². The number of carbonyl (C=O) groups is 1. The third-order valence-corrected chi connectivity index (χ3v) is 5.74. The smallest absolute Gasteiger partial charge is 0.246 e. The van der Waals surface area contributed by atoms with Crippen LogP contribution in [0.25, 0.3) is 0 Å². The molecule has 0 aliphatic carbocycles. The number of nitrogens with one attached hydrogen (secondary N) is 2. The van der Waals surface area contributed by atoms with Crippen LogP contribution in [0.1, 0.15) is 18.5 Å². The highest BCUT2D eigenvalue weighted by Crippen LogP contribution is 2.40. The van der Waals surface area contributed by atoms with Crippen LogP contribution < -0.4 is 15.5 Å². The van der Waals surface area contributed by atoms with Crippen molar-refractivity contribution in [1.82, 2.24) is 5.32 Å². The molecule has 0 bridgehead atoms. The average Bonchev–Trinajstić information content (AvgIpc) is 2.73. The lowest BCUT2D eigenvalue weighted by atomic mass is 10.1. The quantitative estimate of drug-likeness (QED) is 0.855. The van der Waals surface area contributed by atoms with Gasteiger partial charge in [-0.05, 0) is 42.0 Å². The van der Waals surface area contributed by atoms with Crippen LogP contribution in [-0.2, 0) is 4.79 Å². The van der Waals surface area contributed by atoms with Gasteiger partial charge in [0.05, 0.1) is 5.69 Å². The van der Waals surface area contributed by atoms with Crippen molar-refractivity contribution < 1.29 is 4.79 Å². The summed E-state index contributed by atoms with van der Waals surface area (Å²) in [6, 6.07) is 4.43. The Balaban J connectivity index is 1.99. The lowest BCUT2D eigenvalue weighted by Crippen LogP contribution is -2.40. The molecule has 0 spiro atoms. The highest BCUT2D eigenvalue weighted by molar-refractivity contribution is 9.10. The molecule has 2 atom stereocenters. The second-order valence-corrected chi connectivity index (χ2v) is 7.22. The summed E-state index contributed by atoms with van der Waals surface area (Å²) in [5, 5.41) is 6.02. The minimum Gasteiger partial charge on any atom is -0.366 e. The number of halogens is 1. The second-order valence-electron chi connectivity index (χ2n) is 5.22. The molecule has 1 saturated heterocycles. The molecule has 0 radical (unpaired) electrons. The zero-order valence-corrected chi connectivity index (χ0v) is 14.0. The molecule has 2 aliphatic heterocycles. The molecule has 0 saturated carbocycles. The maximum atomic E-state index is 11.9. The minimum absolute atomic E-state index is 0.0220. The van der Waals surface area contributed by atoms with Gasteiger partial charge in [-0.1, -0.05) is 0 Å². The van der Waals surface area contributed by atoms with E-state index in [1.165, 1.54) is 5.69 Å². The SMILES string of the molecule is CNC1C(=O)Nc2cc(N3CCSCC3C)c(Br)cc21. The van der Waals surface area contributed by atoms with Crippen molar-refractivity contribution in [3.8, 4) is 0 Å². The average molecular weight is 356 g/mol. The van der Waals surface area contributed by atoms with Gasteiger partial charge in [0, 0.05) is 39.8 Å². The van der Waals surface area contributed by atoms with Crippen molar-refractivity contribution in [3.63, 3.8) is 0 Å². The first-order valence-electron chi connectivity index (χ1n) is 6.77. The summed E-state index contributed by atoms with van der Waals surface area (Å²) in [6.45, 7) is 3.30. The maximum absolute atomic E-state index is 11.9. The van der Waals surface area contributed by atoms with Crippen molar-refractivity contribution in [2.24, 2.45) is 0 Å². The lowest BCUT2D eigenvalue weighted by Gasteiger charge is -2.36. The Morgan fingerprint density at radius 1 is 1.50 bits per heavy atom. The summed E-state index contributed by atoms with van der Waals surface area (Å²) in [4.78, 5) is 14.3. The third-order valence-electron chi connectivity index (χ3n) is 3.92. The molecule has 1 aromatic rings. The topological polar surface area (TPSA) is 44.4 Å². The number of benzene rings is 1. The highest BCUT2D eigenvalue weighted by Gasteiger charge is 2.31. The number of hydrogen-bond donors (Lipinski definition) is 2. The van der Waals surface area contributed by atoms with Crippen molar-refractivity contribution in [2.45, 2.75) is 19.0 Å². The Labute approximate surface area is 131 Å². The number of hydrogen-bond acceptors (Lipinski definition) is 4. The van der Waals surface area contributed by atoms with Gasteiger partial charge in [0.25, 0.3) is 0 Å².